The zero-order valence-corrected chi connectivity index (χ0v) is 12.2. The maximum Gasteiger partial charge on any atom is 0.0702 e. The first-order chi connectivity index (χ1) is 9.28. The van der Waals surface area contributed by atoms with Gasteiger partial charge >= 0.3 is 0 Å². The van der Waals surface area contributed by atoms with E-state index in [0.29, 0.717) is 19.0 Å². The summed E-state index contributed by atoms with van der Waals surface area (Å²) in [5, 5.41) is 9.59. The largest absolute Gasteiger partial charge is 0.391 e. The second kappa shape index (κ2) is 7.90. The first-order valence-electron chi connectivity index (χ1n) is 7.17. The molecule has 0 heterocycles. The van der Waals surface area contributed by atoms with Crippen LogP contribution in [0.5, 0.6) is 0 Å². The van der Waals surface area contributed by atoms with Crippen LogP contribution >= 0.6 is 11.9 Å². The molecule has 1 unspecified atom stereocenters. The van der Waals surface area contributed by atoms with Crippen molar-refractivity contribution in [1.82, 2.24) is 4.72 Å². The molecule has 1 saturated carbocycles. The van der Waals surface area contributed by atoms with Crippen LogP contribution < -0.4 is 10.5 Å². The van der Waals surface area contributed by atoms with Crippen LogP contribution in [0.4, 0.5) is 0 Å². The van der Waals surface area contributed by atoms with E-state index in [4.69, 9.17) is 5.73 Å². The van der Waals surface area contributed by atoms with E-state index in [1.54, 1.807) is 11.9 Å². The average molecular weight is 280 g/mol. The highest BCUT2D eigenvalue weighted by atomic mass is 32.2. The van der Waals surface area contributed by atoms with Gasteiger partial charge in [-0.2, -0.15) is 0 Å². The van der Waals surface area contributed by atoms with Crippen molar-refractivity contribution in [2.45, 2.75) is 55.6 Å². The minimum absolute atomic E-state index is 0.317. The smallest absolute Gasteiger partial charge is 0.0702 e. The fourth-order valence-electron chi connectivity index (χ4n) is 2.46. The Morgan fingerprint density at radius 1 is 1.32 bits per heavy atom. The van der Waals surface area contributed by atoms with Crippen molar-refractivity contribution >= 4 is 11.9 Å². The zero-order valence-electron chi connectivity index (χ0n) is 11.3. The molecule has 1 aromatic rings. The molecule has 0 aliphatic heterocycles. The van der Waals surface area contributed by atoms with Gasteiger partial charge in [0.25, 0.3) is 0 Å². The Bertz CT molecular complexity index is 380. The molecule has 4 N–H and O–H groups in total. The summed E-state index contributed by atoms with van der Waals surface area (Å²) < 4.78 is 3.56. The highest BCUT2D eigenvalue weighted by Crippen LogP contribution is 2.23. The van der Waals surface area contributed by atoms with E-state index in [0.717, 1.165) is 5.56 Å². The summed E-state index contributed by atoms with van der Waals surface area (Å²) in [5.41, 5.74) is 6.59. The van der Waals surface area contributed by atoms with Gasteiger partial charge in [-0.3, -0.25) is 4.72 Å². The van der Waals surface area contributed by atoms with E-state index in [-0.39, 0.29) is 0 Å². The summed E-state index contributed by atoms with van der Waals surface area (Å²) in [4.78, 5) is 1.22. The maximum atomic E-state index is 9.59. The standard InChI is InChI=1S/C15H24N2OS/c16-11-14(18)9-12-5-4-8-15(10-12)19-17-13-6-2-1-3-7-13/h4-5,8,10,13-14,17-18H,1-3,6-7,9,11,16H2. The number of benzene rings is 1. The number of hydrogen-bond acceptors (Lipinski definition) is 4. The summed E-state index contributed by atoms with van der Waals surface area (Å²) in [6.45, 7) is 0.317. The van der Waals surface area contributed by atoms with E-state index in [9.17, 15) is 5.11 Å². The van der Waals surface area contributed by atoms with Crippen LogP contribution in [0.15, 0.2) is 29.2 Å². The van der Waals surface area contributed by atoms with Crippen LogP contribution in [0, 0.1) is 0 Å². The lowest BCUT2D eigenvalue weighted by atomic mass is 9.96. The van der Waals surface area contributed by atoms with Gasteiger partial charge in [-0.15, -0.1) is 0 Å². The number of aliphatic hydroxyl groups excluding tert-OH is 1. The monoisotopic (exact) mass is 280 g/mol. The van der Waals surface area contributed by atoms with Crippen LogP contribution in [0.25, 0.3) is 0 Å². The molecule has 0 bridgehead atoms. The highest BCUT2D eigenvalue weighted by molar-refractivity contribution is 7.97. The second-order valence-electron chi connectivity index (χ2n) is 5.30. The Kier molecular flexibility index (Phi) is 6.17. The number of nitrogens with two attached hydrogens (primary N) is 1. The lowest BCUT2D eigenvalue weighted by Gasteiger charge is -2.22. The van der Waals surface area contributed by atoms with E-state index >= 15 is 0 Å². The van der Waals surface area contributed by atoms with E-state index in [1.165, 1.54) is 37.0 Å². The third-order valence-corrected chi connectivity index (χ3v) is 4.53. The predicted octanol–water partition coefficient (Wildman–Crippen LogP) is 2.48. The van der Waals surface area contributed by atoms with Crippen LogP contribution in [0.2, 0.25) is 0 Å². The van der Waals surface area contributed by atoms with Gasteiger partial charge in [0.15, 0.2) is 0 Å². The van der Waals surface area contributed by atoms with Crippen LogP contribution in [0.3, 0.4) is 0 Å². The first-order valence-corrected chi connectivity index (χ1v) is 7.99. The molecular weight excluding hydrogens is 256 g/mol. The lowest BCUT2D eigenvalue weighted by Crippen LogP contribution is -2.25. The summed E-state index contributed by atoms with van der Waals surface area (Å²) in [6.07, 6.45) is 6.86. The van der Waals surface area contributed by atoms with Crippen molar-refractivity contribution in [1.29, 1.82) is 0 Å². The molecule has 0 saturated heterocycles. The molecule has 1 fully saturated rings. The average Bonchev–Trinajstić information content (AvgIpc) is 2.46. The molecule has 1 atom stereocenters. The van der Waals surface area contributed by atoms with Gasteiger partial charge in [-0.25, -0.2) is 0 Å². The van der Waals surface area contributed by atoms with Crippen molar-refractivity contribution in [2.75, 3.05) is 6.54 Å². The summed E-state index contributed by atoms with van der Waals surface area (Å²) in [7, 11) is 0. The minimum Gasteiger partial charge on any atom is -0.391 e. The summed E-state index contributed by atoms with van der Waals surface area (Å²) in [6, 6.07) is 8.99. The van der Waals surface area contributed by atoms with Crippen LogP contribution in [-0.4, -0.2) is 23.8 Å². The molecule has 2 rings (SSSR count). The molecule has 0 radical (unpaired) electrons. The van der Waals surface area contributed by atoms with E-state index in [1.807, 2.05) is 12.1 Å². The number of nitrogens with one attached hydrogen (secondary N) is 1. The fraction of sp³-hybridized carbons (Fsp3) is 0.600. The van der Waals surface area contributed by atoms with Gasteiger partial charge in [0.2, 0.25) is 0 Å². The number of rotatable bonds is 6. The molecular formula is C15H24N2OS. The Morgan fingerprint density at radius 2 is 2.11 bits per heavy atom. The second-order valence-corrected chi connectivity index (χ2v) is 6.21. The van der Waals surface area contributed by atoms with Crippen molar-refractivity contribution in [3.8, 4) is 0 Å². The molecule has 3 nitrogen and oxygen atoms in total. The lowest BCUT2D eigenvalue weighted by molar-refractivity contribution is 0.183. The Balaban J connectivity index is 1.84. The van der Waals surface area contributed by atoms with Gasteiger partial charge in [-0.1, -0.05) is 31.4 Å². The molecule has 1 aromatic carbocycles. The van der Waals surface area contributed by atoms with Crippen LogP contribution in [-0.2, 0) is 6.42 Å². The zero-order chi connectivity index (χ0) is 13.5. The molecule has 106 valence electrons. The molecule has 4 heteroatoms. The topological polar surface area (TPSA) is 58.3 Å². The Labute approximate surface area is 120 Å². The first kappa shape index (κ1) is 14.9. The Morgan fingerprint density at radius 3 is 2.84 bits per heavy atom. The van der Waals surface area contributed by atoms with Crippen molar-refractivity contribution in [3.05, 3.63) is 29.8 Å². The SMILES string of the molecule is NCC(O)Cc1cccc(SNC2CCCCC2)c1. The van der Waals surface area contributed by atoms with Crippen molar-refractivity contribution in [2.24, 2.45) is 5.73 Å². The highest BCUT2D eigenvalue weighted by Gasteiger charge is 2.13. The molecule has 1 aliphatic carbocycles. The summed E-state index contributed by atoms with van der Waals surface area (Å²) >= 11 is 1.71. The predicted molar refractivity (Wildman–Crippen MR) is 81.1 cm³/mol. The third kappa shape index (κ3) is 5.15. The normalized spacial score (nSPS) is 18.4. The maximum absolute atomic E-state index is 9.59. The van der Waals surface area contributed by atoms with Gasteiger partial charge < -0.3 is 10.8 Å². The van der Waals surface area contributed by atoms with Gasteiger partial charge in [-0.05, 0) is 48.9 Å². The molecule has 19 heavy (non-hydrogen) atoms. The van der Waals surface area contributed by atoms with Gasteiger partial charge in [0.1, 0.15) is 0 Å². The Hall–Kier alpha value is -0.550. The van der Waals surface area contributed by atoms with Crippen molar-refractivity contribution in [3.63, 3.8) is 0 Å². The van der Waals surface area contributed by atoms with E-state index < -0.39 is 6.10 Å². The minimum atomic E-state index is -0.438. The third-order valence-electron chi connectivity index (χ3n) is 3.59. The molecule has 1 aliphatic rings. The van der Waals surface area contributed by atoms with Crippen molar-refractivity contribution < 1.29 is 5.11 Å². The van der Waals surface area contributed by atoms with Gasteiger partial charge in [0, 0.05) is 17.5 Å². The number of hydrogen-bond donors (Lipinski definition) is 3. The number of aliphatic hydroxyl groups is 1. The molecule has 0 aromatic heterocycles. The fourth-order valence-corrected chi connectivity index (χ4v) is 3.36. The molecule has 0 amide bonds. The van der Waals surface area contributed by atoms with Gasteiger partial charge in [0.05, 0.1) is 6.10 Å². The van der Waals surface area contributed by atoms with Crippen LogP contribution in [0.1, 0.15) is 37.7 Å². The quantitative estimate of drug-likeness (QED) is 0.701. The molecule has 0 spiro atoms. The summed E-state index contributed by atoms with van der Waals surface area (Å²) in [5.74, 6) is 0. The van der Waals surface area contributed by atoms with E-state index in [2.05, 4.69) is 16.9 Å².